The Bertz CT molecular complexity index is 583. The Balaban J connectivity index is 2.33. The van der Waals surface area contributed by atoms with E-state index in [2.05, 4.69) is 53.2 Å². The second-order valence-electron chi connectivity index (χ2n) is 4.97. The topological polar surface area (TPSA) is 35.2 Å². The second kappa shape index (κ2) is 6.91. The van der Waals surface area contributed by atoms with E-state index in [1.807, 2.05) is 12.1 Å². The summed E-state index contributed by atoms with van der Waals surface area (Å²) in [6, 6.07) is 14.5. The van der Waals surface area contributed by atoms with Gasteiger partial charge in [0.15, 0.2) is 0 Å². The molecule has 0 saturated carbocycles. The van der Waals surface area contributed by atoms with Gasteiger partial charge in [0.25, 0.3) is 0 Å². The third-order valence-corrected chi connectivity index (χ3v) is 4.31. The number of hydrogen-bond acceptors (Lipinski definition) is 2. The highest BCUT2D eigenvalue weighted by molar-refractivity contribution is 9.10. The lowest BCUT2D eigenvalue weighted by molar-refractivity contribution is 0.405. The number of hydrogen-bond donors (Lipinski definition) is 1. The molecule has 1 atom stereocenters. The molecule has 0 fully saturated rings. The predicted molar refractivity (Wildman–Crippen MR) is 87.4 cm³/mol. The fourth-order valence-corrected chi connectivity index (χ4v) is 2.87. The Labute approximate surface area is 129 Å². The van der Waals surface area contributed by atoms with Crippen LogP contribution in [0, 0.1) is 6.92 Å². The van der Waals surface area contributed by atoms with E-state index in [1.165, 1.54) is 16.7 Å². The van der Waals surface area contributed by atoms with Crippen LogP contribution in [0.3, 0.4) is 0 Å². The van der Waals surface area contributed by atoms with Gasteiger partial charge in [0, 0.05) is 10.4 Å². The average molecular weight is 334 g/mol. The van der Waals surface area contributed by atoms with Gasteiger partial charge in [-0.15, -0.1) is 0 Å². The van der Waals surface area contributed by atoms with Crippen LogP contribution in [-0.2, 0) is 6.42 Å². The van der Waals surface area contributed by atoms with Crippen molar-refractivity contribution in [1.82, 2.24) is 0 Å². The maximum absolute atomic E-state index is 6.01. The molecule has 0 bridgehead atoms. The standard InChI is InChI=1S/C17H20BrNO/c1-12-7-8-17(20-2)15(9-12)14(11-19)10-13-5-3-4-6-16(13)18/h3-9,14H,10-11,19H2,1-2H3. The van der Waals surface area contributed by atoms with Crippen molar-refractivity contribution < 1.29 is 4.74 Å². The first-order valence-corrected chi connectivity index (χ1v) is 7.53. The van der Waals surface area contributed by atoms with Crippen LogP contribution >= 0.6 is 15.9 Å². The van der Waals surface area contributed by atoms with E-state index in [0.717, 1.165) is 16.6 Å². The van der Waals surface area contributed by atoms with Gasteiger partial charge >= 0.3 is 0 Å². The molecule has 0 saturated heterocycles. The molecule has 3 heteroatoms. The Kier molecular flexibility index (Phi) is 5.21. The normalized spacial score (nSPS) is 12.2. The molecule has 0 amide bonds. The van der Waals surface area contributed by atoms with E-state index < -0.39 is 0 Å². The van der Waals surface area contributed by atoms with E-state index in [0.29, 0.717) is 6.54 Å². The molecule has 2 rings (SSSR count). The van der Waals surface area contributed by atoms with Gasteiger partial charge in [0.05, 0.1) is 7.11 Å². The summed E-state index contributed by atoms with van der Waals surface area (Å²) in [4.78, 5) is 0. The summed E-state index contributed by atoms with van der Waals surface area (Å²) < 4.78 is 6.61. The smallest absolute Gasteiger partial charge is 0.122 e. The van der Waals surface area contributed by atoms with Gasteiger partial charge in [-0.25, -0.2) is 0 Å². The van der Waals surface area contributed by atoms with Crippen molar-refractivity contribution in [2.45, 2.75) is 19.3 Å². The van der Waals surface area contributed by atoms with E-state index in [-0.39, 0.29) is 5.92 Å². The van der Waals surface area contributed by atoms with Crippen LogP contribution in [0.2, 0.25) is 0 Å². The van der Waals surface area contributed by atoms with Gasteiger partial charge in [0.2, 0.25) is 0 Å². The van der Waals surface area contributed by atoms with Gasteiger partial charge in [-0.3, -0.25) is 0 Å². The fourth-order valence-electron chi connectivity index (χ4n) is 2.42. The Hall–Kier alpha value is -1.32. The molecular weight excluding hydrogens is 314 g/mol. The van der Waals surface area contributed by atoms with Crippen LogP contribution in [0.25, 0.3) is 0 Å². The van der Waals surface area contributed by atoms with Crippen LogP contribution < -0.4 is 10.5 Å². The first kappa shape index (κ1) is 15.1. The summed E-state index contributed by atoms with van der Waals surface area (Å²) >= 11 is 3.60. The van der Waals surface area contributed by atoms with Gasteiger partial charge in [-0.05, 0) is 43.1 Å². The summed E-state index contributed by atoms with van der Waals surface area (Å²) in [5.74, 6) is 1.17. The van der Waals surface area contributed by atoms with E-state index in [9.17, 15) is 0 Å². The maximum atomic E-state index is 6.01. The zero-order chi connectivity index (χ0) is 14.5. The SMILES string of the molecule is COc1ccc(C)cc1C(CN)Cc1ccccc1Br. The lowest BCUT2D eigenvalue weighted by Gasteiger charge is -2.19. The van der Waals surface area contributed by atoms with Crippen LogP contribution in [0.15, 0.2) is 46.9 Å². The van der Waals surface area contributed by atoms with Gasteiger partial charge in [-0.2, -0.15) is 0 Å². The lowest BCUT2D eigenvalue weighted by atomic mass is 9.90. The first-order chi connectivity index (χ1) is 9.65. The van der Waals surface area contributed by atoms with E-state index in [1.54, 1.807) is 7.11 Å². The summed E-state index contributed by atoms with van der Waals surface area (Å²) in [6.07, 6.45) is 0.901. The van der Waals surface area contributed by atoms with Crippen LogP contribution in [0.1, 0.15) is 22.6 Å². The Morgan fingerprint density at radius 3 is 2.60 bits per heavy atom. The van der Waals surface area contributed by atoms with Crippen molar-refractivity contribution in [3.05, 3.63) is 63.6 Å². The van der Waals surface area contributed by atoms with E-state index >= 15 is 0 Å². The minimum atomic E-state index is 0.253. The number of nitrogens with two attached hydrogens (primary N) is 1. The third-order valence-electron chi connectivity index (χ3n) is 3.53. The third kappa shape index (κ3) is 3.41. The molecule has 106 valence electrons. The highest BCUT2D eigenvalue weighted by Crippen LogP contribution is 2.31. The van der Waals surface area contributed by atoms with Crippen molar-refractivity contribution in [3.63, 3.8) is 0 Å². The van der Waals surface area contributed by atoms with Crippen molar-refractivity contribution >= 4 is 15.9 Å². The van der Waals surface area contributed by atoms with Crippen molar-refractivity contribution in [2.75, 3.05) is 13.7 Å². The second-order valence-corrected chi connectivity index (χ2v) is 5.83. The molecule has 1 unspecified atom stereocenters. The Morgan fingerprint density at radius 2 is 1.95 bits per heavy atom. The van der Waals surface area contributed by atoms with Crippen LogP contribution in [0.4, 0.5) is 0 Å². The molecular formula is C17H20BrNO. The number of halogens is 1. The zero-order valence-electron chi connectivity index (χ0n) is 11.9. The number of aryl methyl sites for hydroxylation is 1. The number of benzene rings is 2. The quantitative estimate of drug-likeness (QED) is 0.895. The molecule has 0 spiro atoms. The highest BCUT2D eigenvalue weighted by atomic mass is 79.9. The minimum Gasteiger partial charge on any atom is -0.496 e. The monoisotopic (exact) mass is 333 g/mol. The molecule has 0 radical (unpaired) electrons. The molecule has 2 aromatic carbocycles. The largest absolute Gasteiger partial charge is 0.496 e. The van der Waals surface area contributed by atoms with Crippen LogP contribution in [-0.4, -0.2) is 13.7 Å². The summed E-state index contributed by atoms with van der Waals surface area (Å²) in [7, 11) is 1.71. The molecule has 2 N–H and O–H groups in total. The lowest BCUT2D eigenvalue weighted by Crippen LogP contribution is -2.16. The number of ether oxygens (including phenoxy) is 1. The average Bonchev–Trinajstić information content (AvgIpc) is 2.46. The maximum Gasteiger partial charge on any atom is 0.122 e. The highest BCUT2D eigenvalue weighted by Gasteiger charge is 2.16. The van der Waals surface area contributed by atoms with Crippen LogP contribution in [0.5, 0.6) is 5.75 Å². The summed E-state index contributed by atoms with van der Waals surface area (Å²) in [6.45, 7) is 2.69. The van der Waals surface area contributed by atoms with Gasteiger partial charge in [-0.1, -0.05) is 51.8 Å². The fraction of sp³-hybridized carbons (Fsp3) is 0.294. The predicted octanol–water partition coefficient (Wildman–Crippen LogP) is 4.05. The molecule has 2 nitrogen and oxygen atoms in total. The molecule has 2 aromatic rings. The van der Waals surface area contributed by atoms with Gasteiger partial charge < -0.3 is 10.5 Å². The van der Waals surface area contributed by atoms with Crippen molar-refractivity contribution in [1.29, 1.82) is 0 Å². The zero-order valence-corrected chi connectivity index (χ0v) is 13.5. The molecule has 0 aromatic heterocycles. The molecule has 0 aliphatic carbocycles. The minimum absolute atomic E-state index is 0.253. The molecule has 0 heterocycles. The molecule has 0 aliphatic heterocycles. The Morgan fingerprint density at radius 1 is 1.20 bits per heavy atom. The first-order valence-electron chi connectivity index (χ1n) is 6.73. The molecule has 0 aliphatic rings. The van der Waals surface area contributed by atoms with Crippen molar-refractivity contribution in [3.8, 4) is 5.75 Å². The van der Waals surface area contributed by atoms with Crippen molar-refractivity contribution in [2.24, 2.45) is 5.73 Å². The summed E-state index contributed by atoms with van der Waals surface area (Å²) in [5.41, 5.74) is 9.69. The number of methoxy groups -OCH3 is 1. The number of rotatable bonds is 5. The van der Waals surface area contributed by atoms with Gasteiger partial charge in [0.1, 0.15) is 5.75 Å². The molecule has 20 heavy (non-hydrogen) atoms. The summed E-state index contributed by atoms with van der Waals surface area (Å²) in [5, 5.41) is 0. The van der Waals surface area contributed by atoms with E-state index in [4.69, 9.17) is 10.5 Å².